The molecule has 1 N–H and O–H groups in total. The lowest BCUT2D eigenvalue weighted by molar-refractivity contribution is 0.177. The monoisotopic (exact) mass is 304 g/mol. The van der Waals surface area contributed by atoms with Crippen LogP contribution >= 0.6 is 0 Å². The van der Waals surface area contributed by atoms with Gasteiger partial charge in [0.15, 0.2) is 0 Å². The standard InChI is InChI=1S/C19H29FN2/c20-18-10-8-17(9-11-18)14-22-12-4-7-19(15-22)21-13-16-5-2-1-3-6-16/h8-11,16,19,21H,1-7,12-15H2. The van der Waals surface area contributed by atoms with Crippen LogP contribution in [0.4, 0.5) is 4.39 Å². The van der Waals surface area contributed by atoms with Crippen LogP contribution in [0, 0.1) is 11.7 Å². The zero-order chi connectivity index (χ0) is 15.2. The van der Waals surface area contributed by atoms with Gasteiger partial charge in [-0.25, -0.2) is 4.39 Å². The molecule has 2 fully saturated rings. The van der Waals surface area contributed by atoms with E-state index in [-0.39, 0.29) is 5.82 Å². The van der Waals surface area contributed by atoms with Gasteiger partial charge in [-0.3, -0.25) is 4.90 Å². The molecule has 1 aliphatic heterocycles. The summed E-state index contributed by atoms with van der Waals surface area (Å²) in [4.78, 5) is 2.51. The molecule has 2 nitrogen and oxygen atoms in total. The third-order valence-corrected chi connectivity index (χ3v) is 5.24. The van der Waals surface area contributed by atoms with Crippen molar-refractivity contribution < 1.29 is 4.39 Å². The highest BCUT2D eigenvalue weighted by atomic mass is 19.1. The number of hydrogen-bond acceptors (Lipinski definition) is 2. The maximum atomic E-state index is 13.0. The van der Waals surface area contributed by atoms with Gasteiger partial charge in [-0.1, -0.05) is 31.4 Å². The number of likely N-dealkylation sites (tertiary alicyclic amines) is 1. The van der Waals surface area contributed by atoms with Gasteiger partial charge in [0, 0.05) is 19.1 Å². The number of hydrogen-bond donors (Lipinski definition) is 1. The van der Waals surface area contributed by atoms with Crippen LogP contribution in [0.1, 0.15) is 50.5 Å². The quantitative estimate of drug-likeness (QED) is 0.886. The van der Waals surface area contributed by atoms with Crippen LogP contribution < -0.4 is 5.32 Å². The smallest absolute Gasteiger partial charge is 0.123 e. The molecule has 1 aromatic carbocycles. The number of nitrogens with zero attached hydrogens (tertiary/aromatic N) is 1. The van der Waals surface area contributed by atoms with Gasteiger partial charge in [0.2, 0.25) is 0 Å². The van der Waals surface area contributed by atoms with E-state index in [0.29, 0.717) is 6.04 Å². The molecular formula is C19H29FN2. The lowest BCUT2D eigenvalue weighted by Crippen LogP contribution is -2.46. The Morgan fingerprint density at radius 1 is 1.00 bits per heavy atom. The Bertz CT molecular complexity index is 439. The molecule has 0 bridgehead atoms. The number of rotatable bonds is 5. The molecule has 1 aliphatic carbocycles. The van der Waals surface area contributed by atoms with Crippen LogP contribution in [0.2, 0.25) is 0 Å². The topological polar surface area (TPSA) is 15.3 Å². The minimum atomic E-state index is -0.144. The molecule has 1 unspecified atom stereocenters. The molecule has 1 heterocycles. The van der Waals surface area contributed by atoms with E-state index in [1.165, 1.54) is 63.6 Å². The molecule has 3 heteroatoms. The van der Waals surface area contributed by atoms with Crippen LogP contribution in [-0.2, 0) is 6.54 Å². The summed E-state index contributed by atoms with van der Waals surface area (Å²) in [5, 5.41) is 3.81. The molecule has 0 spiro atoms. The summed E-state index contributed by atoms with van der Waals surface area (Å²) in [6, 6.07) is 7.59. The Morgan fingerprint density at radius 3 is 2.55 bits per heavy atom. The highest BCUT2D eigenvalue weighted by Gasteiger charge is 2.21. The molecule has 22 heavy (non-hydrogen) atoms. The molecule has 1 atom stereocenters. The van der Waals surface area contributed by atoms with Gasteiger partial charge in [0.05, 0.1) is 0 Å². The van der Waals surface area contributed by atoms with Crippen LogP contribution in [-0.4, -0.2) is 30.6 Å². The molecule has 1 saturated heterocycles. The van der Waals surface area contributed by atoms with Crippen LogP contribution in [0.3, 0.4) is 0 Å². The number of piperidine rings is 1. The van der Waals surface area contributed by atoms with Crippen molar-refractivity contribution >= 4 is 0 Å². The van der Waals surface area contributed by atoms with Crippen molar-refractivity contribution in [2.75, 3.05) is 19.6 Å². The number of nitrogens with one attached hydrogen (secondary N) is 1. The Morgan fingerprint density at radius 2 is 1.77 bits per heavy atom. The highest BCUT2D eigenvalue weighted by Crippen LogP contribution is 2.23. The molecule has 122 valence electrons. The molecule has 1 saturated carbocycles. The van der Waals surface area contributed by atoms with Crippen molar-refractivity contribution in [1.29, 1.82) is 0 Å². The summed E-state index contributed by atoms with van der Waals surface area (Å²) in [6.07, 6.45) is 9.68. The first-order chi connectivity index (χ1) is 10.8. The summed E-state index contributed by atoms with van der Waals surface area (Å²) in [6.45, 7) is 4.44. The Labute approximate surface area is 134 Å². The molecule has 0 aromatic heterocycles. The van der Waals surface area contributed by atoms with E-state index in [4.69, 9.17) is 0 Å². The van der Waals surface area contributed by atoms with E-state index >= 15 is 0 Å². The Hall–Kier alpha value is -0.930. The van der Waals surface area contributed by atoms with E-state index in [1.807, 2.05) is 12.1 Å². The highest BCUT2D eigenvalue weighted by molar-refractivity contribution is 5.16. The van der Waals surface area contributed by atoms with E-state index in [2.05, 4.69) is 10.2 Å². The third kappa shape index (κ3) is 4.79. The van der Waals surface area contributed by atoms with Gasteiger partial charge < -0.3 is 5.32 Å². The second-order valence-electron chi connectivity index (χ2n) is 7.11. The van der Waals surface area contributed by atoms with Crippen LogP contribution in [0.25, 0.3) is 0 Å². The van der Waals surface area contributed by atoms with Crippen molar-refractivity contribution in [2.24, 2.45) is 5.92 Å². The first-order valence-corrected chi connectivity index (χ1v) is 9.00. The molecule has 1 aromatic rings. The predicted molar refractivity (Wildman–Crippen MR) is 89.3 cm³/mol. The van der Waals surface area contributed by atoms with Crippen molar-refractivity contribution in [3.8, 4) is 0 Å². The lowest BCUT2D eigenvalue weighted by atomic mass is 9.89. The fraction of sp³-hybridized carbons (Fsp3) is 0.684. The van der Waals surface area contributed by atoms with E-state index < -0.39 is 0 Å². The third-order valence-electron chi connectivity index (χ3n) is 5.24. The van der Waals surface area contributed by atoms with Gasteiger partial charge in [-0.05, 0) is 62.4 Å². The Balaban J connectivity index is 1.43. The zero-order valence-electron chi connectivity index (χ0n) is 13.6. The van der Waals surface area contributed by atoms with Gasteiger partial charge in [-0.2, -0.15) is 0 Å². The Kier molecular flexibility index (Phi) is 5.85. The van der Waals surface area contributed by atoms with Crippen molar-refractivity contribution in [3.63, 3.8) is 0 Å². The summed E-state index contributed by atoms with van der Waals surface area (Å²) in [5.74, 6) is 0.760. The maximum absolute atomic E-state index is 13.0. The average molecular weight is 304 g/mol. The van der Waals surface area contributed by atoms with Gasteiger partial charge in [0.1, 0.15) is 5.82 Å². The van der Waals surface area contributed by atoms with Crippen molar-refractivity contribution in [3.05, 3.63) is 35.6 Å². The molecule has 3 rings (SSSR count). The number of halogens is 1. The zero-order valence-corrected chi connectivity index (χ0v) is 13.6. The summed E-state index contributed by atoms with van der Waals surface area (Å²) in [5.41, 5.74) is 1.22. The number of benzene rings is 1. The maximum Gasteiger partial charge on any atom is 0.123 e. The minimum Gasteiger partial charge on any atom is -0.312 e. The SMILES string of the molecule is Fc1ccc(CN2CCCC(NCC3CCCCC3)C2)cc1. The van der Waals surface area contributed by atoms with E-state index in [9.17, 15) is 4.39 Å². The average Bonchev–Trinajstić information content (AvgIpc) is 2.57. The largest absolute Gasteiger partial charge is 0.312 e. The summed E-state index contributed by atoms with van der Waals surface area (Å²) >= 11 is 0. The molecule has 2 aliphatic rings. The van der Waals surface area contributed by atoms with Gasteiger partial charge >= 0.3 is 0 Å². The first-order valence-electron chi connectivity index (χ1n) is 9.00. The summed E-state index contributed by atoms with van der Waals surface area (Å²) in [7, 11) is 0. The van der Waals surface area contributed by atoms with E-state index in [0.717, 1.165) is 19.0 Å². The molecule has 0 radical (unpaired) electrons. The fourth-order valence-electron chi connectivity index (χ4n) is 3.94. The van der Waals surface area contributed by atoms with Crippen LogP contribution in [0.15, 0.2) is 24.3 Å². The second-order valence-corrected chi connectivity index (χ2v) is 7.11. The fourth-order valence-corrected chi connectivity index (χ4v) is 3.94. The predicted octanol–water partition coefficient (Wildman–Crippen LogP) is 3.96. The first kappa shape index (κ1) is 15.9. The summed E-state index contributed by atoms with van der Waals surface area (Å²) < 4.78 is 13.0. The molecule has 0 amide bonds. The normalized spacial score (nSPS) is 24.5. The van der Waals surface area contributed by atoms with E-state index in [1.54, 1.807) is 12.1 Å². The van der Waals surface area contributed by atoms with Crippen molar-refractivity contribution in [2.45, 2.75) is 57.5 Å². The van der Waals surface area contributed by atoms with Crippen molar-refractivity contribution in [1.82, 2.24) is 10.2 Å². The lowest BCUT2D eigenvalue weighted by Gasteiger charge is -2.34. The minimum absolute atomic E-state index is 0.144. The van der Waals surface area contributed by atoms with Crippen LogP contribution in [0.5, 0.6) is 0 Å². The van der Waals surface area contributed by atoms with Gasteiger partial charge in [0.25, 0.3) is 0 Å². The van der Waals surface area contributed by atoms with Gasteiger partial charge in [-0.15, -0.1) is 0 Å². The molecular weight excluding hydrogens is 275 g/mol. The second kappa shape index (κ2) is 8.07.